The molecule has 0 saturated heterocycles. The number of halogens is 3. The zero-order chi connectivity index (χ0) is 9.07. The summed E-state index contributed by atoms with van der Waals surface area (Å²) < 4.78 is 4.57. The molecular formula is C6H9Br3O2. The Kier molecular flexibility index (Phi) is 5.22. The van der Waals surface area contributed by atoms with Crippen molar-refractivity contribution in [1.82, 2.24) is 0 Å². The smallest absolute Gasteiger partial charge is 0.302 e. The second-order valence-electron chi connectivity index (χ2n) is 2.15. The van der Waals surface area contributed by atoms with Crippen LogP contribution in [0.1, 0.15) is 13.8 Å². The fourth-order valence-electron chi connectivity index (χ4n) is 0.444. The molecule has 2 nitrogen and oxygen atoms in total. The molecule has 5 heteroatoms. The van der Waals surface area contributed by atoms with E-state index in [9.17, 15) is 4.79 Å². The van der Waals surface area contributed by atoms with Gasteiger partial charge in [-0.1, -0.05) is 47.8 Å². The van der Waals surface area contributed by atoms with E-state index >= 15 is 0 Å². The van der Waals surface area contributed by atoms with E-state index in [-0.39, 0.29) is 15.3 Å². The first-order valence-electron chi connectivity index (χ1n) is 3.01. The number of hydrogen-bond donors (Lipinski definition) is 0. The molecular weight excluding hydrogens is 344 g/mol. The summed E-state index contributed by atoms with van der Waals surface area (Å²) in [6.45, 7) is 3.20. The van der Waals surface area contributed by atoms with Crippen LogP contribution in [0.5, 0.6) is 0 Å². The average Bonchev–Trinajstić information content (AvgIpc) is 1.86. The van der Waals surface area contributed by atoms with E-state index < -0.39 is 0 Å². The first-order valence-corrected chi connectivity index (χ1v) is 5.72. The lowest BCUT2D eigenvalue weighted by atomic mass is 10.3. The standard InChI is InChI=1S/C6H9Br3O2/c1-4(11-5(2)10)6(8,9)3-7/h4H,3H2,1-2H3. The minimum atomic E-state index is -0.369. The summed E-state index contributed by atoms with van der Waals surface area (Å²) in [7, 11) is 0. The average molecular weight is 353 g/mol. The lowest BCUT2D eigenvalue weighted by Gasteiger charge is -2.24. The van der Waals surface area contributed by atoms with Gasteiger partial charge in [0.1, 0.15) is 9.34 Å². The highest BCUT2D eigenvalue weighted by Gasteiger charge is 2.31. The van der Waals surface area contributed by atoms with Gasteiger partial charge in [0.15, 0.2) is 0 Å². The Bertz CT molecular complexity index is 147. The van der Waals surface area contributed by atoms with Gasteiger partial charge >= 0.3 is 5.97 Å². The molecule has 0 bridgehead atoms. The van der Waals surface area contributed by atoms with Gasteiger partial charge in [0.25, 0.3) is 0 Å². The lowest BCUT2D eigenvalue weighted by Crippen LogP contribution is -2.32. The SMILES string of the molecule is CC(=O)OC(C)C(Br)(Br)CBr. The van der Waals surface area contributed by atoms with Crippen molar-refractivity contribution in [2.45, 2.75) is 23.2 Å². The highest BCUT2D eigenvalue weighted by atomic mass is 79.9. The number of carbonyl (C=O) groups is 1. The van der Waals surface area contributed by atoms with Gasteiger partial charge in [-0.05, 0) is 6.92 Å². The molecule has 0 aromatic heterocycles. The largest absolute Gasteiger partial charge is 0.460 e. The third kappa shape index (κ3) is 4.48. The molecule has 0 aromatic carbocycles. The van der Waals surface area contributed by atoms with Crippen molar-refractivity contribution >= 4 is 53.8 Å². The Balaban J connectivity index is 4.01. The molecule has 0 rings (SSSR count). The van der Waals surface area contributed by atoms with Crippen LogP contribution < -0.4 is 0 Å². The molecule has 0 amide bonds. The van der Waals surface area contributed by atoms with Gasteiger partial charge in [0.05, 0.1) is 0 Å². The van der Waals surface area contributed by atoms with Crippen LogP contribution in [0.4, 0.5) is 0 Å². The van der Waals surface area contributed by atoms with Crippen LogP contribution in [0.2, 0.25) is 0 Å². The normalized spacial score (nSPS) is 14.3. The molecule has 1 atom stereocenters. The van der Waals surface area contributed by atoms with Crippen molar-refractivity contribution in [3.8, 4) is 0 Å². The predicted octanol–water partition coefficient (Wildman–Crippen LogP) is 2.82. The van der Waals surface area contributed by atoms with Gasteiger partial charge in [-0.15, -0.1) is 0 Å². The molecule has 0 heterocycles. The van der Waals surface area contributed by atoms with Gasteiger partial charge in [-0.25, -0.2) is 0 Å². The third-order valence-electron chi connectivity index (χ3n) is 1.12. The fourth-order valence-corrected chi connectivity index (χ4v) is 1.09. The summed E-state index contributed by atoms with van der Waals surface area (Å²) >= 11 is 10.0. The summed E-state index contributed by atoms with van der Waals surface area (Å²) in [6.07, 6.45) is -0.209. The maximum Gasteiger partial charge on any atom is 0.302 e. The zero-order valence-corrected chi connectivity index (χ0v) is 11.0. The lowest BCUT2D eigenvalue weighted by molar-refractivity contribution is -0.145. The van der Waals surface area contributed by atoms with Crippen molar-refractivity contribution < 1.29 is 9.53 Å². The topological polar surface area (TPSA) is 26.3 Å². The van der Waals surface area contributed by atoms with E-state index in [1.165, 1.54) is 6.92 Å². The molecule has 0 aliphatic rings. The first-order chi connectivity index (χ1) is 4.90. The van der Waals surface area contributed by atoms with E-state index in [2.05, 4.69) is 47.8 Å². The van der Waals surface area contributed by atoms with Crippen LogP contribution in [-0.2, 0) is 9.53 Å². The van der Waals surface area contributed by atoms with Crippen LogP contribution in [0.3, 0.4) is 0 Å². The van der Waals surface area contributed by atoms with Crippen LogP contribution >= 0.6 is 47.8 Å². The van der Waals surface area contributed by atoms with Crippen LogP contribution in [-0.4, -0.2) is 20.6 Å². The summed E-state index contributed by atoms with van der Waals surface area (Å²) in [6, 6.07) is 0. The minimum absolute atomic E-state index is 0.209. The van der Waals surface area contributed by atoms with Gasteiger partial charge < -0.3 is 4.74 Å². The third-order valence-corrected chi connectivity index (χ3v) is 5.36. The molecule has 0 aliphatic carbocycles. The van der Waals surface area contributed by atoms with Crippen LogP contribution in [0.25, 0.3) is 0 Å². The van der Waals surface area contributed by atoms with Gasteiger partial charge in [0, 0.05) is 12.3 Å². The van der Waals surface area contributed by atoms with Crippen molar-refractivity contribution in [3.05, 3.63) is 0 Å². The Labute approximate surface area is 91.4 Å². The second-order valence-corrected chi connectivity index (χ2v) is 6.60. The number of ether oxygens (including phenoxy) is 1. The number of carbonyl (C=O) groups excluding carboxylic acids is 1. The number of hydrogen-bond acceptors (Lipinski definition) is 2. The van der Waals surface area contributed by atoms with Crippen molar-refractivity contribution in [1.29, 1.82) is 0 Å². The predicted molar refractivity (Wildman–Crippen MR) is 55.6 cm³/mol. The zero-order valence-electron chi connectivity index (χ0n) is 6.23. The molecule has 0 fully saturated rings. The van der Waals surface area contributed by atoms with Crippen molar-refractivity contribution in [2.24, 2.45) is 0 Å². The van der Waals surface area contributed by atoms with E-state index in [1.807, 2.05) is 6.92 Å². The van der Waals surface area contributed by atoms with Gasteiger partial charge in [0.2, 0.25) is 0 Å². The maximum atomic E-state index is 10.5. The Hall–Kier alpha value is 0.910. The van der Waals surface area contributed by atoms with E-state index in [0.29, 0.717) is 5.33 Å². The summed E-state index contributed by atoms with van der Waals surface area (Å²) in [5, 5.41) is 0.661. The number of rotatable bonds is 3. The Morgan fingerprint density at radius 3 is 2.36 bits per heavy atom. The molecule has 0 aromatic rings. The molecule has 1 unspecified atom stereocenters. The van der Waals surface area contributed by atoms with Crippen molar-refractivity contribution in [3.63, 3.8) is 0 Å². The summed E-state index contributed by atoms with van der Waals surface area (Å²) in [4.78, 5) is 10.5. The van der Waals surface area contributed by atoms with E-state index in [4.69, 9.17) is 4.74 Å². The Morgan fingerprint density at radius 2 is 2.09 bits per heavy atom. The van der Waals surface area contributed by atoms with Crippen LogP contribution in [0, 0.1) is 0 Å². The highest BCUT2D eigenvalue weighted by molar-refractivity contribution is 9.26. The molecule has 66 valence electrons. The molecule has 0 N–H and O–H groups in total. The highest BCUT2D eigenvalue weighted by Crippen LogP contribution is 2.33. The quantitative estimate of drug-likeness (QED) is 0.576. The molecule has 0 radical (unpaired) electrons. The molecule has 0 saturated carbocycles. The fraction of sp³-hybridized carbons (Fsp3) is 0.833. The monoisotopic (exact) mass is 350 g/mol. The first kappa shape index (κ1) is 11.9. The van der Waals surface area contributed by atoms with E-state index in [1.54, 1.807) is 0 Å². The van der Waals surface area contributed by atoms with Gasteiger partial charge in [-0.2, -0.15) is 0 Å². The summed E-state index contributed by atoms with van der Waals surface area (Å²) in [5.41, 5.74) is 0. The van der Waals surface area contributed by atoms with E-state index in [0.717, 1.165) is 0 Å². The molecule has 0 spiro atoms. The molecule has 11 heavy (non-hydrogen) atoms. The molecule has 0 aliphatic heterocycles. The van der Waals surface area contributed by atoms with Crippen molar-refractivity contribution in [2.75, 3.05) is 5.33 Å². The summed E-state index contributed by atoms with van der Waals surface area (Å²) in [5.74, 6) is -0.276. The van der Waals surface area contributed by atoms with Gasteiger partial charge in [-0.3, -0.25) is 4.79 Å². The van der Waals surface area contributed by atoms with Crippen LogP contribution in [0.15, 0.2) is 0 Å². The Morgan fingerprint density at radius 1 is 1.64 bits per heavy atom. The minimum Gasteiger partial charge on any atom is -0.460 e. The number of esters is 1. The number of alkyl halides is 3. The second kappa shape index (κ2) is 4.82. The maximum absolute atomic E-state index is 10.5.